The number of fused-ring (bicyclic) bond motifs is 2. The normalized spacial score (nSPS) is 22.0. The van der Waals surface area contributed by atoms with Gasteiger partial charge in [-0.1, -0.05) is 149 Å². The van der Waals surface area contributed by atoms with Crippen LogP contribution in [-0.4, -0.2) is 103 Å². The van der Waals surface area contributed by atoms with Crippen LogP contribution in [0.5, 0.6) is 0 Å². The summed E-state index contributed by atoms with van der Waals surface area (Å²) in [4.78, 5) is 65.8. The first-order chi connectivity index (χ1) is 60.1. The number of aromatic nitrogens is 4. The van der Waals surface area contributed by atoms with Crippen molar-refractivity contribution >= 4 is 35.3 Å². The molecule has 0 saturated heterocycles. The Morgan fingerprint density at radius 3 is 1.54 bits per heavy atom. The fourth-order valence-corrected chi connectivity index (χ4v) is 10.5. The van der Waals surface area contributed by atoms with Crippen LogP contribution in [0.1, 0.15) is 152 Å². The first-order valence-corrected chi connectivity index (χ1v) is 31.0. The second kappa shape index (κ2) is 32.9. The summed E-state index contributed by atoms with van der Waals surface area (Å²) in [6.45, 7) is -24.3. The van der Waals surface area contributed by atoms with Crippen molar-refractivity contribution in [2.45, 2.75) is 134 Å². The Hall–Kier alpha value is -7.92. The zero-order chi connectivity index (χ0) is 101. The molecule has 6 aromatic carbocycles. The molecule has 2 heterocycles. The van der Waals surface area contributed by atoms with Crippen molar-refractivity contribution in [1.29, 1.82) is 0 Å². The molecule has 508 valence electrons. The van der Waals surface area contributed by atoms with Crippen molar-refractivity contribution < 1.29 is 94.1 Å². The number of hydrogen-bond acceptors (Lipinski definition) is 10. The number of alkyl halides is 6. The molecule has 2 aromatic heterocycles. The number of benzene rings is 6. The van der Waals surface area contributed by atoms with Gasteiger partial charge in [0.15, 0.2) is 10.3 Å². The molecular formula is C74H80F8N8O4S2. The average Bonchev–Trinajstić information content (AvgIpc) is 1.50. The summed E-state index contributed by atoms with van der Waals surface area (Å²) in [6.07, 6.45) is -16.8. The lowest BCUT2D eigenvalue weighted by Crippen LogP contribution is -2.40. The molecule has 22 heteroatoms. The van der Waals surface area contributed by atoms with Crippen LogP contribution in [0.15, 0.2) is 159 Å². The molecular weight excluding hydrogens is 1280 g/mol. The highest BCUT2D eigenvalue weighted by Crippen LogP contribution is 2.35. The number of likely N-dealkylation sites (N-methyl/N-ethyl adjacent to an activating group) is 2. The predicted molar refractivity (Wildman–Crippen MR) is 362 cm³/mol. The van der Waals surface area contributed by atoms with Gasteiger partial charge in [-0.3, -0.25) is 19.2 Å². The molecule has 0 radical (unpaired) electrons. The number of thioether (sulfide) groups is 2. The van der Waals surface area contributed by atoms with E-state index in [4.69, 9.17) is 32.9 Å². The Bertz CT molecular complexity index is 5950. The van der Waals surface area contributed by atoms with E-state index in [-0.39, 0.29) is 84.2 Å². The Morgan fingerprint density at radius 2 is 1.04 bits per heavy atom. The molecule has 2 aliphatic carbocycles. The van der Waals surface area contributed by atoms with Gasteiger partial charge in [0.1, 0.15) is 24.6 Å². The number of hydrogen-bond donors (Lipinski definition) is 0. The minimum absolute atomic E-state index is 0.00578. The van der Waals surface area contributed by atoms with Crippen LogP contribution < -0.4 is 11.1 Å². The van der Waals surface area contributed by atoms with Gasteiger partial charge >= 0.3 is 12.4 Å². The minimum atomic E-state index is -5.40. The smallest absolute Gasteiger partial charge is 0.336 e. The van der Waals surface area contributed by atoms with E-state index in [2.05, 4.69) is 9.97 Å². The summed E-state index contributed by atoms with van der Waals surface area (Å²) in [7, 11) is 0. The molecule has 1 atom stereocenters. The molecule has 0 saturated carbocycles. The number of carbonyl (C=O) groups excluding carboxylic acids is 2. The van der Waals surface area contributed by atoms with Gasteiger partial charge in [-0.15, -0.1) is 0 Å². The number of nitrogens with zero attached hydrogens (tertiary/aromatic N) is 8. The van der Waals surface area contributed by atoms with Gasteiger partial charge in [-0.25, -0.2) is 8.78 Å². The van der Waals surface area contributed by atoms with Crippen LogP contribution >= 0.6 is 23.5 Å². The molecule has 8 aromatic rings. The average molecular weight is 1400 g/mol. The van der Waals surface area contributed by atoms with E-state index < -0.39 is 301 Å². The Kier molecular flexibility index (Phi) is 13.1. The summed E-state index contributed by atoms with van der Waals surface area (Å²) < 4.78 is 427. The first-order valence-electron chi connectivity index (χ1n) is 47.0. The van der Waals surface area contributed by atoms with Crippen molar-refractivity contribution in [2.75, 3.05) is 52.2 Å². The predicted octanol–water partition coefficient (Wildman–Crippen LogP) is 15.0. The van der Waals surface area contributed by atoms with E-state index in [0.717, 1.165) is 60.0 Å². The van der Waals surface area contributed by atoms with E-state index >= 15 is 9.59 Å². The molecule has 10 rings (SSSR count). The zero-order valence-corrected chi connectivity index (χ0v) is 53.2. The first kappa shape index (κ1) is 38.3. The van der Waals surface area contributed by atoms with E-state index in [0.29, 0.717) is 16.3 Å². The van der Waals surface area contributed by atoms with Crippen molar-refractivity contribution in [3.05, 3.63) is 233 Å². The van der Waals surface area contributed by atoms with Crippen molar-refractivity contribution in [3.63, 3.8) is 0 Å². The monoisotopic (exact) mass is 1400 g/mol. The Labute approximate surface area is 614 Å². The molecule has 0 aliphatic heterocycles. The van der Waals surface area contributed by atoms with Crippen molar-refractivity contribution in [2.24, 2.45) is 5.89 Å². The summed E-state index contributed by atoms with van der Waals surface area (Å²) in [5.74, 6) is -12.1. The van der Waals surface area contributed by atoms with Gasteiger partial charge in [0.25, 0.3) is 11.1 Å². The van der Waals surface area contributed by atoms with Crippen LogP contribution in [-0.2, 0) is 85.0 Å². The van der Waals surface area contributed by atoms with Crippen molar-refractivity contribution in [3.8, 4) is 22.3 Å². The van der Waals surface area contributed by atoms with E-state index in [1.165, 1.54) is 39.8 Å². The third-order valence-electron chi connectivity index (χ3n) is 13.8. The fourth-order valence-electron chi connectivity index (χ4n) is 8.83. The van der Waals surface area contributed by atoms with E-state index in [1.54, 1.807) is 0 Å². The molecule has 0 bridgehead atoms. The van der Waals surface area contributed by atoms with Gasteiger partial charge in [-0.2, -0.15) is 36.3 Å². The largest absolute Gasteiger partial charge is 0.416 e. The highest BCUT2D eigenvalue weighted by molar-refractivity contribution is 7.98. The van der Waals surface area contributed by atoms with Crippen LogP contribution in [0, 0.1) is 24.5 Å². The second-order valence-electron chi connectivity index (χ2n) is 20.3. The molecule has 12 nitrogen and oxygen atoms in total. The lowest BCUT2D eigenvalue weighted by atomic mass is 9.98. The summed E-state index contributed by atoms with van der Waals surface area (Å²) >= 11 is 0.524. The minimum Gasteiger partial charge on any atom is -0.336 e. The molecule has 0 N–H and O–H groups in total. The lowest BCUT2D eigenvalue weighted by molar-refractivity contribution is -0.138. The van der Waals surface area contributed by atoms with Gasteiger partial charge in [0.2, 0.25) is 11.8 Å². The molecule has 1 unspecified atom stereocenters. The van der Waals surface area contributed by atoms with Gasteiger partial charge in [-0.05, 0) is 169 Å². The zero-order valence-electron chi connectivity index (χ0n) is 87.5. The molecule has 0 spiro atoms. The molecule has 96 heavy (non-hydrogen) atoms. The number of carbonyl (C=O) groups is 2. The van der Waals surface area contributed by atoms with Gasteiger partial charge < -0.3 is 28.7 Å². The highest BCUT2D eigenvalue weighted by Gasteiger charge is 2.33. The second-order valence-corrected chi connectivity index (χ2v) is 22.2. The third kappa shape index (κ3) is 19.0. The standard InChI is InChI=1S/2C37H40F4N4O2S/c1-4-43(5-2)18-19-44(22-26-6-10-28(11-7-26)29-12-14-30(15-13-29)37(39,40)41)34(46)23-45-33-21-25(3)20-32(33)35(47)42-36(45)48-24-27-8-16-31(38)17-9-27;1-4-43(5-2)19-20-44(22-29-12-11-28(21-25(29)3)27-13-15-30(16-14-27)37(39,40)41)34(46)23-45-33-8-6-7-32(33)35(47)42-36(45)48-24-26-9-17-31(38)18-10-26/h6-17,25H,4-5,18-24H2,1-3H3;9-18,21H,4-8,19-20,22-24H2,1-3H3/i8D,9D,16D,17D,18D2,19D2,20D2,21D2,22D2,23D2,25D;9D,10D,11D,12D,13D,14D,15D,16D,17D,18D,19D2,20D2,21D,22D2,23D2. The van der Waals surface area contributed by atoms with Gasteiger partial charge in [0.05, 0.1) is 48.1 Å². The molecule has 2 amide bonds. The SMILES string of the molecule is [2H]c1c([2H])c(CSc2nc(=O)c3c(n2C([2H])([2H])C(=O)N(C([2H])([2H])c2c([2H])c([2H])c(-c4c([2H])c([2H])c(C(F)(F)F)c([2H])c4[2H])c([2H])c2C)C([2H])([2H])C([2H])([2H])N(CC)CC)CCC3)c([2H])c([2H])c1F.[2H]c1c([2H])c(CSc2nc(=O)c3c(n2C([2H])([2H])C(=O)N(C([2H])([2H])c2ccc(-c4ccc(C(F)(F)F)cc4)cc2)C([2H])([2H])C([2H])([2H])N(CC)CC)C([2H])([2H])C([2H])(C)C3([2H])[2H])c([2H])c([2H])c1F. The maximum absolute atomic E-state index is 15.2. The fraction of sp³-hybridized carbons (Fsp3) is 0.378. The van der Waals surface area contributed by atoms with Crippen LogP contribution in [0.2, 0.25) is 0 Å². The van der Waals surface area contributed by atoms with Crippen LogP contribution in [0.4, 0.5) is 35.1 Å². The third-order valence-corrected chi connectivity index (χ3v) is 15.7. The number of rotatable bonds is 26. The Morgan fingerprint density at radius 1 is 0.573 bits per heavy atom. The van der Waals surface area contributed by atoms with E-state index in [1.807, 2.05) is 0 Å². The summed E-state index contributed by atoms with van der Waals surface area (Å²) in [6, 6.07) is -9.67. The molecule has 0 fully saturated rings. The van der Waals surface area contributed by atoms with Gasteiger partial charge in [0, 0.05) is 85.3 Å². The van der Waals surface area contributed by atoms with Crippen molar-refractivity contribution in [1.82, 2.24) is 38.7 Å². The summed E-state index contributed by atoms with van der Waals surface area (Å²) in [5, 5.41) is -1.78. The highest BCUT2D eigenvalue weighted by atomic mass is 32.2. The number of halogens is 8. The molecule has 2 aliphatic rings. The lowest BCUT2D eigenvalue weighted by Gasteiger charge is -2.28. The maximum Gasteiger partial charge on any atom is 0.416 e. The van der Waals surface area contributed by atoms with E-state index in [9.17, 15) is 61.2 Å². The quantitative estimate of drug-likeness (QED) is 0.0295. The summed E-state index contributed by atoms with van der Waals surface area (Å²) in [5.41, 5.74) is -13.8. The van der Waals surface area contributed by atoms with Crippen LogP contribution in [0.3, 0.4) is 0 Å². The topological polar surface area (TPSA) is 117 Å². The Balaban J connectivity index is 0.000000297. The number of amides is 2. The van der Waals surface area contributed by atoms with Crippen LogP contribution in [0.25, 0.3) is 22.3 Å². The maximum atomic E-state index is 15.2.